The van der Waals surface area contributed by atoms with Crippen molar-refractivity contribution < 1.29 is 14.6 Å². The molecule has 0 unspecified atom stereocenters. The van der Waals surface area contributed by atoms with E-state index in [4.69, 9.17) is 9.84 Å². The fourth-order valence-corrected chi connectivity index (χ4v) is 4.30. The molecule has 1 heterocycles. The Kier molecular flexibility index (Phi) is 7.55. The average Bonchev–Trinajstić information content (AvgIpc) is 3.20. The molecule has 0 aliphatic heterocycles. The van der Waals surface area contributed by atoms with Crippen LogP contribution in [0.25, 0.3) is 16.8 Å². The van der Waals surface area contributed by atoms with Gasteiger partial charge in [-0.05, 0) is 47.7 Å². The Morgan fingerprint density at radius 3 is 2.35 bits per heavy atom. The molecule has 34 heavy (non-hydrogen) atoms. The molecule has 0 saturated carbocycles. The van der Waals surface area contributed by atoms with Crippen LogP contribution in [-0.2, 0) is 24.2 Å². The smallest absolute Gasteiger partial charge is 0.336 e. The number of unbranched alkanes of at least 4 members (excludes halogenated alkanes) is 1. The summed E-state index contributed by atoms with van der Waals surface area (Å²) in [6.45, 7) is 2.66. The van der Waals surface area contributed by atoms with Crippen molar-refractivity contribution in [3.63, 3.8) is 0 Å². The second-order valence-corrected chi connectivity index (χ2v) is 8.38. The Hall–Kier alpha value is -3.70. The highest BCUT2D eigenvalue weighted by Crippen LogP contribution is 2.27. The van der Waals surface area contributed by atoms with Gasteiger partial charge in [0, 0.05) is 24.8 Å². The number of carbonyl (C=O) groups is 1. The monoisotopic (exact) mass is 454 g/mol. The highest BCUT2D eigenvalue weighted by atomic mass is 16.5. The molecular formula is C29H30N2O3. The zero-order chi connectivity index (χ0) is 23.9. The third-order valence-electron chi connectivity index (χ3n) is 6.03. The number of ether oxygens (including phenoxy) is 1. The van der Waals surface area contributed by atoms with Crippen LogP contribution in [0, 0.1) is 0 Å². The summed E-state index contributed by atoms with van der Waals surface area (Å²) in [5.41, 5.74) is 7.52. The second kappa shape index (κ2) is 10.9. The van der Waals surface area contributed by atoms with Gasteiger partial charge in [0.25, 0.3) is 0 Å². The van der Waals surface area contributed by atoms with Crippen molar-refractivity contribution in [2.75, 3.05) is 7.11 Å². The number of hydrogen-bond donors (Lipinski definition) is 1. The van der Waals surface area contributed by atoms with E-state index >= 15 is 0 Å². The van der Waals surface area contributed by atoms with Crippen molar-refractivity contribution in [2.45, 2.75) is 39.2 Å². The first-order valence-corrected chi connectivity index (χ1v) is 11.7. The van der Waals surface area contributed by atoms with Gasteiger partial charge in [0.2, 0.25) is 0 Å². The molecule has 4 rings (SSSR count). The average molecular weight is 455 g/mol. The first-order valence-electron chi connectivity index (χ1n) is 11.7. The molecule has 0 spiro atoms. The maximum Gasteiger partial charge on any atom is 0.336 e. The number of rotatable bonds is 10. The van der Waals surface area contributed by atoms with Crippen LogP contribution >= 0.6 is 0 Å². The minimum Gasteiger partial charge on any atom is -0.478 e. The molecule has 174 valence electrons. The van der Waals surface area contributed by atoms with Crippen LogP contribution in [0.2, 0.25) is 0 Å². The first kappa shape index (κ1) is 23.5. The van der Waals surface area contributed by atoms with Gasteiger partial charge >= 0.3 is 5.97 Å². The van der Waals surface area contributed by atoms with Gasteiger partial charge in [0.15, 0.2) is 0 Å². The number of aromatic nitrogens is 2. The van der Waals surface area contributed by atoms with E-state index in [0.29, 0.717) is 12.2 Å². The lowest BCUT2D eigenvalue weighted by Gasteiger charge is -2.11. The molecule has 0 bridgehead atoms. The van der Waals surface area contributed by atoms with E-state index in [1.165, 1.54) is 11.3 Å². The molecule has 0 aliphatic carbocycles. The van der Waals surface area contributed by atoms with Gasteiger partial charge in [0.1, 0.15) is 0 Å². The second-order valence-electron chi connectivity index (χ2n) is 8.38. The largest absolute Gasteiger partial charge is 0.478 e. The molecule has 3 aromatic carbocycles. The molecule has 5 nitrogen and oxygen atoms in total. The Bertz CT molecular complexity index is 1240. The number of para-hydroxylation sites is 1. The SMILES string of the molecule is CCCCc1c(Cc2ccc(-c3ccccc3C(=O)O)cc2)c(COC)nn1-c1ccccc1. The highest BCUT2D eigenvalue weighted by molar-refractivity contribution is 5.96. The maximum atomic E-state index is 11.6. The van der Waals surface area contributed by atoms with Crippen LogP contribution in [0.5, 0.6) is 0 Å². The van der Waals surface area contributed by atoms with E-state index in [1.807, 2.05) is 42.5 Å². The summed E-state index contributed by atoms with van der Waals surface area (Å²) in [4.78, 5) is 11.6. The maximum absolute atomic E-state index is 11.6. The molecular weight excluding hydrogens is 424 g/mol. The zero-order valence-electron chi connectivity index (χ0n) is 19.7. The van der Waals surface area contributed by atoms with Crippen molar-refractivity contribution in [1.29, 1.82) is 0 Å². The van der Waals surface area contributed by atoms with E-state index in [1.54, 1.807) is 19.2 Å². The van der Waals surface area contributed by atoms with E-state index in [9.17, 15) is 9.90 Å². The van der Waals surface area contributed by atoms with Crippen LogP contribution in [0.15, 0.2) is 78.9 Å². The Balaban J connectivity index is 1.70. The van der Waals surface area contributed by atoms with E-state index in [2.05, 4.69) is 35.9 Å². The molecule has 1 N–H and O–H groups in total. The molecule has 0 radical (unpaired) electrons. The lowest BCUT2D eigenvalue weighted by atomic mass is 9.96. The van der Waals surface area contributed by atoms with Gasteiger partial charge in [-0.3, -0.25) is 0 Å². The van der Waals surface area contributed by atoms with Gasteiger partial charge in [-0.15, -0.1) is 0 Å². The molecule has 0 amide bonds. The quantitative estimate of drug-likeness (QED) is 0.305. The van der Waals surface area contributed by atoms with Gasteiger partial charge in [0.05, 0.1) is 23.6 Å². The van der Waals surface area contributed by atoms with E-state index in [-0.39, 0.29) is 0 Å². The molecule has 0 atom stereocenters. The molecule has 0 aliphatic rings. The van der Waals surface area contributed by atoms with Gasteiger partial charge < -0.3 is 9.84 Å². The summed E-state index contributed by atoms with van der Waals surface area (Å²) in [7, 11) is 1.70. The van der Waals surface area contributed by atoms with Gasteiger partial charge in [-0.25, -0.2) is 9.48 Å². The molecule has 0 fully saturated rings. The van der Waals surface area contributed by atoms with E-state index in [0.717, 1.165) is 53.8 Å². The van der Waals surface area contributed by atoms with Gasteiger partial charge in [-0.2, -0.15) is 5.10 Å². The normalized spacial score (nSPS) is 11.0. The Morgan fingerprint density at radius 1 is 0.971 bits per heavy atom. The third-order valence-corrected chi connectivity index (χ3v) is 6.03. The van der Waals surface area contributed by atoms with Crippen LogP contribution < -0.4 is 0 Å². The van der Waals surface area contributed by atoms with Crippen LogP contribution in [0.3, 0.4) is 0 Å². The molecule has 5 heteroatoms. The summed E-state index contributed by atoms with van der Waals surface area (Å²) in [6, 6.07) is 25.5. The number of methoxy groups -OCH3 is 1. The van der Waals surface area contributed by atoms with Crippen molar-refractivity contribution in [2.24, 2.45) is 0 Å². The van der Waals surface area contributed by atoms with Crippen LogP contribution in [0.1, 0.15) is 52.6 Å². The predicted octanol–water partition coefficient (Wildman–Crippen LogP) is 6.32. The number of aromatic carboxylic acids is 1. The Labute approximate surface area is 200 Å². The summed E-state index contributed by atoms with van der Waals surface area (Å²) in [6.07, 6.45) is 3.88. The fourth-order valence-electron chi connectivity index (χ4n) is 4.30. The summed E-state index contributed by atoms with van der Waals surface area (Å²) >= 11 is 0. The first-order chi connectivity index (χ1) is 16.6. The number of carboxylic acids is 1. The van der Waals surface area contributed by atoms with Crippen molar-refractivity contribution in [3.8, 4) is 16.8 Å². The fraction of sp³-hybridized carbons (Fsp3) is 0.241. The number of hydrogen-bond acceptors (Lipinski definition) is 3. The zero-order valence-corrected chi connectivity index (χ0v) is 19.7. The lowest BCUT2D eigenvalue weighted by Crippen LogP contribution is -2.04. The minimum absolute atomic E-state index is 0.309. The predicted molar refractivity (Wildman–Crippen MR) is 135 cm³/mol. The molecule has 0 saturated heterocycles. The van der Waals surface area contributed by atoms with Crippen molar-refractivity contribution >= 4 is 5.97 Å². The summed E-state index contributed by atoms with van der Waals surface area (Å²) < 4.78 is 7.56. The Morgan fingerprint density at radius 2 is 1.68 bits per heavy atom. The summed E-state index contributed by atoms with van der Waals surface area (Å²) in [5, 5.41) is 14.5. The standard InChI is InChI=1S/C29H30N2O3/c1-3-4-14-28-26(27(20-34-2)30-31(28)23-10-6-5-7-11-23)19-21-15-17-22(18-16-21)24-12-8-9-13-25(24)29(32)33/h5-13,15-18H,3-4,14,19-20H2,1-2H3,(H,32,33). The van der Waals surface area contributed by atoms with Crippen molar-refractivity contribution in [3.05, 3.63) is 107 Å². The molecule has 1 aromatic heterocycles. The summed E-state index contributed by atoms with van der Waals surface area (Å²) in [5.74, 6) is -0.919. The topological polar surface area (TPSA) is 64.3 Å². The minimum atomic E-state index is -0.919. The van der Waals surface area contributed by atoms with Crippen LogP contribution in [0.4, 0.5) is 0 Å². The van der Waals surface area contributed by atoms with E-state index < -0.39 is 5.97 Å². The molecule has 4 aromatic rings. The third kappa shape index (κ3) is 5.10. The van der Waals surface area contributed by atoms with Crippen LogP contribution in [-0.4, -0.2) is 28.0 Å². The number of benzene rings is 3. The van der Waals surface area contributed by atoms with Crippen molar-refractivity contribution in [1.82, 2.24) is 9.78 Å². The highest BCUT2D eigenvalue weighted by Gasteiger charge is 2.19. The number of nitrogens with zero attached hydrogens (tertiary/aromatic N) is 2. The number of carboxylic acid groups (broad SMARTS) is 1. The lowest BCUT2D eigenvalue weighted by molar-refractivity contribution is 0.0697. The van der Waals surface area contributed by atoms with Gasteiger partial charge in [-0.1, -0.05) is 74.0 Å².